The molecule has 140 valence electrons. The van der Waals surface area contributed by atoms with Gasteiger partial charge in [0.15, 0.2) is 5.78 Å². The van der Waals surface area contributed by atoms with Gasteiger partial charge >= 0.3 is 0 Å². The lowest BCUT2D eigenvalue weighted by atomic mass is 9.92. The summed E-state index contributed by atoms with van der Waals surface area (Å²) < 4.78 is 1.78. The van der Waals surface area contributed by atoms with Gasteiger partial charge in [-0.15, -0.1) is 10.2 Å². The number of carbonyl (C=O) groups is 2. The summed E-state index contributed by atoms with van der Waals surface area (Å²) in [4.78, 5) is 25.0. The lowest BCUT2D eigenvalue weighted by Crippen LogP contribution is -2.30. The van der Waals surface area contributed by atoms with E-state index in [4.69, 9.17) is 11.6 Å². The van der Waals surface area contributed by atoms with Crippen LogP contribution in [0.4, 0.5) is 0 Å². The molecule has 2 aromatic rings. The maximum atomic E-state index is 12.8. The standard InChI is InChI=1S/C20H21ClN4O2/c1-11-5-12(2)17(19(26)6-11)9-22-20(27)16-7-15(21)8-18(13(16)3)25-10-23-24-14(25)4/h5,7-8,10H,6,9H2,1-4H3,(H,22,27). The van der Waals surface area contributed by atoms with Gasteiger partial charge in [-0.3, -0.25) is 14.2 Å². The number of benzene rings is 1. The Morgan fingerprint density at radius 2 is 2.00 bits per heavy atom. The Labute approximate surface area is 162 Å². The number of nitrogens with one attached hydrogen (secondary N) is 1. The number of Topliss-reactive ketones (excluding diaryl/α,β-unsaturated/α-hetero) is 1. The van der Waals surface area contributed by atoms with E-state index in [0.29, 0.717) is 28.4 Å². The van der Waals surface area contributed by atoms with Crippen LogP contribution >= 0.6 is 11.6 Å². The maximum Gasteiger partial charge on any atom is 0.251 e. The van der Waals surface area contributed by atoms with Gasteiger partial charge in [0.05, 0.1) is 5.69 Å². The molecule has 3 rings (SSSR count). The molecule has 0 atom stereocenters. The fraction of sp³-hybridized carbons (Fsp3) is 0.300. The zero-order valence-electron chi connectivity index (χ0n) is 15.8. The lowest BCUT2D eigenvalue weighted by molar-refractivity contribution is -0.115. The minimum atomic E-state index is -0.277. The fourth-order valence-electron chi connectivity index (χ4n) is 3.27. The summed E-state index contributed by atoms with van der Waals surface area (Å²) in [5.41, 5.74) is 4.54. The van der Waals surface area contributed by atoms with Gasteiger partial charge in [-0.25, -0.2) is 0 Å². The predicted molar refractivity (Wildman–Crippen MR) is 104 cm³/mol. The van der Waals surface area contributed by atoms with Gasteiger partial charge in [0.25, 0.3) is 5.91 Å². The number of nitrogens with zero attached hydrogens (tertiary/aromatic N) is 3. The van der Waals surface area contributed by atoms with Crippen LogP contribution < -0.4 is 5.32 Å². The number of amides is 1. The minimum Gasteiger partial charge on any atom is -0.348 e. The molecule has 27 heavy (non-hydrogen) atoms. The molecule has 0 fully saturated rings. The summed E-state index contributed by atoms with van der Waals surface area (Å²) in [6.07, 6.45) is 3.97. The van der Waals surface area contributed by atoms with Gasteiger partial charge in [-0.1, -0.05) is 23.3 Å². The van der Waals surface area contributed by atoms with Crippen molar-refractivity contribution in [1.82, 2.24) is 20.1 Å². The molecule has 1 aliphatic carbocycles. The van der Waals surface area contributed by atoms with E-state index >= 15 is 0 Å². The van der Waals surface area contributed by atoms with E-state index in [2.05, 4.69) is 15.5 Å². The van der Waals surface area contributed by atoms with Crippen molar-refractivity contribution in [3.05, 3.63) is 63.2 Å². The predicted octanol–water partition coefficient (Wildman–Crippen LogP) is 3.50. The van der Waals surface area contributed by atoms with Gasteiger partial charge in [-0.05, 0) is 51.0 Å². The second kappa shape index (κ2) is 7.48. The van der Waals surface area contributed by atoms with Gasteiger partial charge in [-0.2, -0.15) is 0 Å². The summed E-state index contributed by atoms with van der Waals surface area (Å²) in [7, 11) is 0. The van der Waals surface area contributed by atoms with Gasteiger partial charge < -0.3 is 5.32 Å². The summed E-state index contributed by atoms with van der Waals surface area (Å²) in [5, 5.41) is 11.2. The van der Waals surface area contributed by atoms with E-state index in [1.165, 1.54) is 0 Å². The summed E-state index contributed by atoms with van der Waals surface area (Å²) in [5.74, 6) is 0.472. The molecular formula is C20H21ClN4O2. The molecule has 0 saturated heterocycles. The van der Waals surface area contributed by atoms with Crippen LogP contribution in [0, 0.1) is 13.8 Å². The largest absolute Gasteiger partial charge is 0.348 e. The van der Waals surface area contributed by atoms with Crippen molar-refractivity contribution in [2.45, 2.75) is 34.1 Å². The number of rotatable bonds is 4. The van der Waals surface area contributed by atoms with Crippen LogP contribution in [0.3, 0.4) is 0 Å². The molecular weight excluding hydrogens is 364 g/mol. The summed E-state index contributed by atoms with van der Waals surface area (Å²) in [6.45, 7) is 7.69. The topological polar surface area (TPSA) is 76.9 Å². The van der Waals surface area contributed by atoms with Gasteiger partial charge in [0.2, 0.25) is 0 Å². The highest BCUT2D eigenvalue weighted by atomic mass is 35.5. The molecule has 1 amide bonds. The number of allylic oxidation sites excluding steroid dienone is 3. The quantitative estimate of drug-likeness (QED) is 0.875. The van der Waals surface area contributed by atoms with E-state index in [9.17, 15) is 9.59 Å². The number of aryl methyl sites for hydroxylation is 1. The van der Waals surface area contributed by atoms with Gasteiger partial charge in [0, 0.05) is 29.1 Å². The number of ketones is 1. The third-order valence-electron chi connectivity index (χ3n) is 4.71. The van der Waals surface area contributed by atoms with Crippen LogP contribution in [0.5, 0.6) is 0 Å². The van der Waals surface area contributed by atoms with E-state index in [0.717, 1.165) is 22.4 Å². The molecule has 6 nitrogen and oxygen atoms in total. The normalized spacial score (nSPS) is 14.4. The monoisotopic (exact) mass is 384 g/mol. The van der Waals surface area contributed by atoms with Crippen LogP contribution in [0.1, 0.15) is 42.0 Å². The van der Waals surface area contributed by atoms with Crippen molar-refractivity contribution in [3.63, 3.8) is 0 Å². The number of hydrogen-bond acceptors (Lipinski definition) is 4. The molecule has 7 heteroatoms. The Hall–Kier alpha value is -2.73. The molecule has 1 aromatic heterocycles. The molecule has 0 saturated carbocycles. The van der Waals surface area contributed by atoms with Gasteiger partial charge in [0.1, 0.15) is 12.2 Å². The summed E-state index contributed by atoms with van der Waals surface area (Å²) >= 11 is 6.24. The Kier molecular flexibility index (Phi) is 5.28. The number of halogens is 1. The average molecular weight is 385 g/mol. The first-order valence-electron chi connectivity index (χ1n) is 8.63. The summed E-state index contributed by atoms with van der Waals surface area (Å²) in [6, 6.07) is 3.40. The number of carbonyl (C=O) groups excluding carboxylic acids is 2. The first-order chi connectivity index (χ1) is 12.8. The molecule has 1 aromatic carbocycles. The van der Waals surface area contributed by atoms with Crippen molar-refractivity contribution < 1.29 is 9.59 Å². The Balaban J connectivity index is 1.88. The first-order valence-corrected chi connectivity index (χ1v) is 9.01. The third-order valence-corrected chi connectivity index (χ3v) is 4.93. The van der Waals surface area contributed by atoms with Crippen molar-refractivity contribution in [1.29, 1.82) is 0 Å². The first kappa shape index (κ1) is 19.0. The zero-order chi connectivity index (χ0) is 19.7. The number of hydrogen-bond donors (Lipinski definition) is 1. The van der Waals surface area contributed by atoms with E-state index < -0.39 is 0 Å². The smallest absolute Gasteiger partial charge is 0.251 e. The SMILES string of the molecule is CC1=CC(C)=C(CNC(=O)c2cc(Cl)cc(-n3cnnc3C)c2C)C(=O)C1. The fourth-order valence-corrected chi connectivity index (χ4v) is 3.48. The van der Waals surface area contributed by atoms with Crippen LogP contribution in [0.15, 0.2) is 41.3 Å². The minimum absolute atomic E-state index is 0.0522. The highest BCUT2D eigenvalue weighted by Gasteiger charge is 2.20. The van der Waals surface area contributed by atoms with Crippen molar-refractivity contribution in [2.24, 2.45) is 0 Å². The van der Waals surface area contributed by atoms with E-state index in [1.54, 1.807) is 23.0 Å². The van der Waals surface area contributed by atoms with E-state index in [1.807, 2.05) is 33.8 Å². The molecule has 1 heterocycles. The van der Waals surface area contributed by atoms with Crippen LogP contribution in [0.25, 0.3) is 5.69 Å². The average Bonchev–Trinajstić information content (AvgIpc) is 3.01. The Morgan fingerprint density at radius 3 is 2.63 bits per heavy atom. The molecule has 1 N–H and O–H groups in total. The number of aromatic nitrogens is 3. The van der Waals surface area contributed by atoms with Crippen molar-refractivity contribution in [2.75, 3.05) is 6.54 Å². The van der Waals surface area contributed by atoms with E-state index in [-0.39, 0.29) is 18.2 Å². The van der Waals surface area contributed by atoms with Crippen molar-refractivity contribution >= 4 is 23.3 Å². The Morgan fingerprint density at radius 1 is 1.26 bits per heavy atom. The third kappa shape index (κ3) is 3.85. The molecule has 0 radical (unpaired) electrons. The molecule has 0 bridgehead atoms. The Bertz CT molecular complexity index is 1000. The lowest BCUT2D eigenvalue weighted by Gasteiger charge is -2.17. The maximum absolute atomic E-state index is 12.8. The molecule has 1 aliphatic rings. The van der Waals surface area contributed by atoms with Crippen LogP contribution in [-0.2, 0) is 4.79 Å². The van der Waals surface area contributed by atoms with Crippen LogP contribution in [0.2, 0.25) is 5.02 Å². The molecule has 0 aliphatic heterocycles. The second-order valence-electron chi connectivity index (χ2n) is 6.78. The van der Waals surface area contributed by atoms with Crippen LogP contribution in [-0.4, -0.2) is 33.0 Å². The highest BCUT2D eigenvalue weighted by Crippen LogP contribution is 2.25. The zero-order valence-corrected chi connectivity index (χ0v) is 16.5. The molecule has 0 spiro atoms. The van der Waals surface area contributed by atoms with Crippen molar-refractivity contribution in [3.8, 4) is 5.69 Å². The highest BCUT2D eigenvalue weighted by molar-refractivity contribution is 6.31. The molecule has 0 unspecified atom stereocenters. The second-order valence-corrected chi connectivity index (χ2v) is 7.22.